The highest BCUT2D eigenvalue weighted by atomic mass is 32.1. The zero-order valence-corrected chi connectivity index (χ0v) is 17.5. The Balaban J connectivity index is 1.86. The fourth-order valence-corrected chi connectivity index (χ4v) is 3.62. The fourth-order valence-electron chi connectivity index (χ4n) is 3.29. The number of quaternary nitrogens is 1. The van der Waals surface area contributed by atoms with Crippen LogP contribution in [0.15, 0.2) is 18.2 Å². The molecule has 0 radical (unpaired) electrons. The summed E-state index contributed by atoms with van der Waals surface area (Å²) in [5.41, 5.74) is 4.35. The standard InChI is InChI=1S/C19H25N5O2S/c1-12-7-16(25-5)17(26-6)9-15(12)10-22(4)11-23-19(27)24-14(3)8-13(2)20-18(24)21-23/h7-9H,10-11H2,1-6H3/p+1. The van der Waals surface area contributed by atoms with Crippen molar-refractivity contribution in [2.75, 3.05) is 21.3 Å². The Morgan fingerprint density at radius 3 is 2.41 bits per heavy atom. The number of ether oxygens (including phenoxy) is 2. The third-order valence-corrected chi connectivity index (χ3v) is 5.02. The molecule has 0 amide bonds. The van der Waals surface area contributed by atoms with Gasteiger partial charge in [0.15, 0.2) is 18.2 Å². The summed E-state index contributed by atoms with van der Waals surface area (Å²) in [5, 5.41) is 4.60. The van der Waals surface area contributed by atoms with Gasteiger partial charge in [0, 0.05) is 17.0 Å². The number of fused-ring (bicyclic) bond motifs is 1. The third-order valence-electron chi connectivity index (χ3n) is 4.62. The highest BCUT2D eigenvalue weighted by molar-refractivity contribution is 7.71. The first kappa shape index (κ1) is 19.3. The molecule has 1 atom stereocenters. The summed E-state index contributed by atoms with van der Waals surface area (Å²) in [5.74, 6) is 2.13. The van der Waals surface area contributed by atoms with Crippen molar-refractivity contribution in [2.24, 2.45) is 0 Å². The molecule has 1 aromatic carbocycles. The topological polar surface area (TPSA) is 58.0 Å². The molecule has 2 aromatic heterocycles. The molecule has 27 heavy (non-hydrogen) atoms. The van der Waals surface area contributed by atoms with E-state index >= 15 is 0 Å². The molecule has 0 saturated heterocycles. The number of hydrogen-bond donors (Lipinski definition) is 1. The van der Waals surface area contributed by atoms with E-state index in [1.165, 1.54) is 16.0 Å². The number of nitrogens with one attached hydrogen (secondary N) is 1. The molecular formula is C19H26N5O2S+. The summed E-state index contributed by atoms with van der Waals surface area (Å²) in [6, 6.07) is 6.06. The van der Waals surface area contributed by atoms with E-state index in [9.17, 15) is 0 Å². The van der Waals surface area contributed by atoms with Gasteiger partial charge in [0.25, 0.3) is 5.78 Å². The first-order chi connectivity index (χ1) is 12.8. The summed E-state index contributed by atoms with van der Waals surface area (Å²) in [6.45, 7) is 7.53. The van der Waals surface area contributed by atoms with Crippen molar-refractivity contribution < 1.29 is 14.4 Å². The molecule has 0 spiro atoms. The minimum atomic E-state index is 0.646. The molecule has 144 valence electrons. The Morgan fingerprint density at radius 2 is 1.74 bits per heavy atom. The predicted octanol–water partition coefficient (Wildman–Crippen LogP) is 1.88. The van der Waals surface area contributed by atoms with Crippen LogP contribution in [0.4, 0.5) is 0 Å². The second-order valence-corrected chi connectivity index (χ2v) is 7.25. The van der Waals surface area contributed by atoms with Crippen molar-refractivity contribution in [3.05, 3.63) is 45.5 Å². The molecule has 0 saturated carbocycles. The minimum absolute atomic E-state index is 0.646. The number of aryl methyl sites for hydroxylation is 3. The number of rotatable bonds is 6. The summed E-state index contributed by atoms with van der Waals surface area (Å²) in [6.07, 6.45) is 0. The Hall–Kier alpha value is -2.45. The van der Waals surface area contributed by atoms with Gasteiger partial charge in [-0.1, -0.05) is 0 Å². The number of benzene rings is 1. The van der Waals surface area contributed by atoms with Gasteiger partial charge in [-0.2, -0.15) is 4.68 Å². The van der Waals surface area contributed by atoms with Crippen LogP contribution in [0.5, 0.6) is 11.5 Å². The lowest BCUT2D eigenvalue weighted by Gasteiger charge is -2.17. The lowest BCUT2D eigenvalue weighted by atomic mass is 10.1. The Labute approximate surface area is 164 Å². The molecule has 0 aliphatic rings. The molecule has 0 aliphatic carbocycles. The van der Waals surface area contributed by atoms with Gasteiger partial charge in [-0.15, -0.1) is 5.10 Å². The van der Waals surface area contributed by atoms with Crippen LogP contribution < -0.4 is 14.4 Å². The van der Waals surface area contributed by atoms with Crippen LogP contribution in [0.2, 0.25) is 0 Å². The summed E-state index contributed by atoms with van der Waals surface area (Å²) < 4.78 is 15.2. The summed E-state index contributed by atoms with van der Waals surface area (Å²) >= 11 is 5.61. The van der Waals surface area contributed by atoms with Crippen LogP contribution in [0.3, 0.4) is 0 Å². The molecule has 1 N–H and O–H groups in total. The smallest absolute Gasteiger partial charge is 0.254 e. The minimum Gasteiger partial charge on any atom is -0.493 e. The van der Waals surface area contributed by atoms with Gasteiger partial charge in [-0.05, 0) is 56.8 Å². The van der Waals surface area contributed by atoms with E-state index in [0.29, 0.717) is 17.2 Å². The van der Waals surface area contributed by atoms with Crippen LogP contribution in [-0.4, -0.2) is 40.4 Å². The van der Waals surface area contributed by atoms with Gasteiger partial charge in [0.1, 0.15) is 6.54 Å². The van der Waals surface area contributed by atoms with E-state index in [1.807, 2.05) is 41.1 Å². The van der Waals surface area contributed by atoms with Gasteiger partial charge in [-0.3, -0.25) is 4.40 Å². The third kappa shape index (κ3) is 3.81. The molecule has 8 heteroatoms. The SMILES string of the molecule is COc1cc(C)c(C[NH+](C)Cn2nc3nc(C)cc(C)n3c2=S)cc1OC. The quantitative estimate of drug-likeness (QED) is 0.654. The molecule has 0 fully saturated rings. The molecule has 2 heterocycles. The van der Waals surface area contributed by atoms with Crippen molar-refractivity contribution in [2.45, 2.75) is 34.0 Å². The predicted molar refractivity (Wildman–Crippen MR) is 106 cm³/mol. The second kappa shape index (κ2) is 7.66. The zero-order chi connectivity index (χ0) is 19.7. The largest absolute Gasteiger partial charge is 0.493 e. The van der Waals surface area contributed by atoms with Gasteiger partial charge in [0.2, 0.25) is 4.77 Å². The molecule has 7 nitrogen and oxygen atoms in total. The monoisotopic (exact) mass is 388 g/mol. The Morgan fingerprint density at radius 1 is 1.07 bits per heavy atom. The maximum absolute atomic E-state index is 5.61. The zero-order valence-electron chi connectivity index (χ0n) is 16.7. The average Bonchev–Trinajstić information content (AvgIpc) is 2.91. The van der Waals surface area contributed by atoms with Crippen molar-refractivity contribution in [3.8, 4) is 11.5 Å². The molecule has 1 unspecified atom stereocenters. The molecule has 0 bridgehead atoms. The Bertz CT molecular complexity index is 1040. The molecule has 3 rings (SSSR count). The maximum Gasteiger partial charge on any atom is 0.254 e. The highest BCUT2D eigenvalue weighted by Gasteiger charge is 2.15. The number of nitrogens with zero attached hydrogens (tertiary/aromatic N) is 4. The van der Waals surface area contributed by atoms with E-state index < -0.39 is 0 Å². The van der Waals surface area contributed by atoms with Crippen molar-refractivity contribution >= 4 is 18.0 Å². The number of methoxy groups -OCH3 is 2. The average molecular weight is 389 g/mol. The molecular weight excluding hydrogens is 362 g/mol. The normalized spacial score (nSPS) is 12.4. The van der Waals surface area contributed by atoms with E-state index in [4.69, 9.17) is 21.7 Å². The number of hydrogen-bond acceptors (Lipinski definition) is 5. The highest BCUT2D eigenvalue weighted by Crippen LogP contribution is 2.29. The van der Waals surface area contributed by atoms with Gasteiger partial charge in [0.05, 0.1) is 21.3 Å². The van der Waals surface area contributed by atoms with E-state index in [-0.39, 0.29) is 0 Å². The first-order valence-electron chi connectivity index (χ1n) is 8.80. The maximum atomic E-state index is 5.61. The van der Waals surface area contributed by atoms with Crippen molar-refractivity contribution in [3.63, 3.8) is 0 Å². The molecule has 0 aliphatic heterocycles. The van der Waals surface area contributed by atoms with E-state index in [0.717, 1.165) is 29.4 Å². The molecule has 3 aromatic rings. The van der Waals surface area contributed by atoms with E-state index in [1.54, 1.807) is 14.2 Å². The number of aromatic nitrogens is 4. The van der Waals surface area contributed by atoms with Crippen LogP contribution in [0.1, 0.15) is 22.5 Å². The first-order valence-corrected chi connectivity index (χ1v) is 9.21. The lowest BCUT2D eigenvalue weighted by molar-refractivity contribution is -0.917. The van der Waals surface area contributed by atoms with Crippen LogP contribution in [-0.2, 0) is 13.2 Å². The van der Waals surface area contributed by atoms with Gasteiger partial charge in [-0.25, -0.2) is 4.98 Å². The van der Waals surface area contributed by atoms with Crippen LogP contribution in [0, 0.1) is 25.5 Å². The Kier molecular flexibility index (Phi) is 5.48. The van der Waals surface area contributed by atoms with Crippen LogP contribution >= 0.6 is 12.2 Å². The fraction of sp³-hybridized carbons (Fsp3) is 0.421. The van der Waals surface area contributed by atoms with Gasteiger partial charge < -0.3 is 14.4 Å². The van der Waals surface area contributed by atoms with Gasteiger partial charge >= 0.3 is 0 Å². The lowest BCUT2D eigenvalue weighted by Crippen LogP contribution is -3.07. The van der Waals surface area contributed by atoms with Crippen molar-refractivity contribution in [1.29, 1.82) is 0 Å². The summed E-state index contributed by atoms with van der Waals surface area (Å²) in [4.78, 5) is 5.74. The summed E-state index contributed by atoms with van der Waals surface area (Å²) in [7, 11) is 5.42. The second-order valence-electron chi connectivity index (χ2n) is 6.88. The van der Waals surface area contributed by atoms with Crippen LogP contribution in [0.25, 0.3) is 5.78 Å². The van der Waals surface area contributed by atoms with Crippen molar-refractivity contribution in [1.82, 2.24) is 19.2 Å². The van der Waals surface area contributed by atoms with E-state index in [2.05, 4.69) is 24.1 Å².